The van der Waals surface area contributed by atoms with Gasteiger partial charge in [-0.15, -0.1) is 0 Å². The molecular formula is C23H25ClN2O4S. The second-order valence-corrected chi connectivity index (χ2v) is 9.87. The number of rotatable bonds is 6. The van der Waals surface area contributed by atoms with E-state index in [4.69, 9.17) is 16.3 Å². The monoisotopic (exact) mass is 460 g/mol. The summed E-state index contributed by atoms with van der Waals surface area (Å²) in [7, 11) is -3.85. The molecule has 0 radical (unpaired) electrons. The normalized spacial score (nSPS) is 19.3. The van der Waals surface area contributed by atoms with Crippen LogP contribution in [0.4, 0.5) is 0 Å². The van der Waals surface area contributed by atoms with Gasteiger partial charge in [0, 0.05) is 31.8 Å². The Morgan fingerprint density at radius 1 is 1.19 bits per heavy atom. The SMILES string of the molecule is O=C(c1ccc(Cl)c(S(=O)(=O)NC[C@H]2CCCO2)c1)N1CC=C(c2ccccc2)CC1. The molecule has 31 heavy (non-hydrogen) atoms. The summed E-state index contributed by atoms with van der Waals surface area (Å²) in [6.45, 7) is 1.88. The summed E-state index contributed by atoms with van der Waals surface area (Å²) >= 11 is 6.17. The van der Waals surface area contributed by atoms with Crippen LogP contribution in [0.5, 0.6) is 0 Å². The second-order valence-electron chi connectivity index (χ2n) is 7.73. The third-order valence-electron chi connectivity index (χ3n) is 5.63. The van der Waals surface area contributed by atoms with Gasteiger partial charge >= 0.3 is 0 Å². The van der Waals surface area contributed by atoms with Crippen molar-refractivity contribution in [2.75, 3.05) is 26.2 Å². The maximum atomic E-state index is 13.0. The van der Waals surface area contributed by atoms with E-state index in [0.717, 1.165) is 24.8 Å². The molecule has 0 aliphatic carbocycles. The Morgan fingerprint density at radius 3 is 2.68 bits per heavy atom. The molecule has 2 aliphatic rings. The minimum atomic E-state index is -3.85. The zero-order chi connectivity index (χ0) is 21.8. The van der Waals surface area contributed by atoms with Crippen LogP contribution in [0.3, 0.4) is 0 Å². The molecule has 0 unspecified atom stereocenters. The highest BCUT2D eigenvalue weighted by atomic mass is 35.5. The number of carbonyl (C=O) groups excluding carboxylic acids is 1. The van der Waals surface area contributed by atoms with E-state index in [9.17, 15) is 13.2 Å². The Hall–Kier alpha value is -2.19. The van der Waals surface area contributed by atoms with Crippen molar-refractivity contribution in [2.24, 2.45) is 0 Å². The third kappa shape index (κ3) is 5.18. The lowest BCUT2D eigenvalue weighted by Gasteiger charge is -2.27. The number of sulfonamides is 1. The Morgan fingerprint density at radius 2 is 2.00 bits per heavy atom. The van der Waals surface area contributed by atoms with Crippen molar-refractivity contribution in [3.8, 4) is 0 Å². The van der Waals surface area contributed by atoms with Gasteiger partial charge in [-0.05, 0) is 48.6 Å². The van der Waals surface area contributed by atoms with Crippen LogP contribution in [0.25, 0.3) is 5.57 Å². The number of nitrogens with zero attached hydrogens (tertiary/aromatic N) is 1. The average Bonchev–Trinajstić information content (AvgIpc) is 3.32. The van der Waals surface area contributed by atoms with Gasteiger partial charge in [-0.2, -0.15) is 0 Å². The van der Waals surface area contributed by atoms with Crippen molar-refractivity contribution in [1.82, 2.24) is 9.62 Å². The molecule has 2 heterocycles. The van der Waals surface area contributed by atoms with E-state index in [1.54, 1.807) is 11.0 Å². The summed E-state index contributed by atoms with van der Waals surface area (Å²) < 4.78 is 33.6. The molecule has 4 rings (SSSR count). The fourth-order valence-electron chi connectivity index (χ4n) is 3.88. The first-order valence-electron chi connectivity index (χ1n) is 10.4. The van der Waals surface area contributed by atoms with Crippen LogP contribution in [0, 0.1) is 0 Å². The highest BCUT2D eigenvalue weighted by Crippen LogP contribution is 2.26. The van der Waals surface area contributed by atoms with Crippen molar-refractivity contribution >= 4 is 33.1 Å². The summed E-state index contributed by atoms with van der Waals surface area (Å²) in [6.07, 6.45) is 4.41. The standard InChI is InChI=1S/C23H25ClN2O4S/c24-21-9-8-19(15-22(21)31(28,29)25-16-20-7-4-14-30-20)23(27)26-12-10-18(11-13-26)17-5-2-1-3-6-17/h1-3,5-6,8-10,15,20,25H,4,7,11-14,16H2/t20-/m1/s1. The van der Waals surface area contributed by atoms with Crippen LogP contribution in [0.1, 0.15) is 35.2 Å². The molecule has 1 amide bonds. The predicted molar refractivity (Wildman–Crippen MR) is 121 cm³/mol. The quantitative estimate of drug-likeness (QED) is 0.712. The van der Waals surface area contributed by atoms with Crippen molar-refractivity contribution in [2.45, 2.75) is 30.3 Å². The zero-order valence-electron chi connectivity index (χ0n) is 17.1. The fourth-order valence-corrected chi connectivity index (χ4v) is 5.47. The molecule has 0 bridgehead atoms. The van der Waals surface area contributed by atoms with E-state index in [0.29, 0.717) is 25.3 Å². The molecule has 2 aromatic carbocycles. The number of ether oxygens (including phenoxy) is 1. The largest absolute Gasteiger partial charge is 0.377 e. The molecule has 0 spiro atoms. The summed E-state index contributed by atoms with van der Waals surface area (Å²) in [5.41, 5.74) is 2.67. The Labute approximate surface area is 187 Å². The van der Waals surface area contributed by atoms with E-state index >= 15 is 0 Å². The highest BCUT2D eigenvalue weighted by molar-refractivity contribution is 7.89. The smallest absolute Gasteiger partial charge is 0.254 e. The predicted octanol–water partition coefficient (Wildman–Crippen LogP) is 3.73. The lowest BCUT2D eigenvalue weighted by Crippen LogP contribution is -2.35. The molecule has 164 valence electrons. The number of carbonyl (C=O) groups is 1. The lowest BCUT2D eigenvalue weighted by atomic mass is 9.99. The molecule has 0 saturated carbocycles. The van der Waals surface area contributed by atoms with E-state index in [1.165, 1.54) is 17.7 Å². The van der Waals surface area contributed by atoms with Crippen LogP contribution < -0.4 is 4.72 Å². The van der Waals surface area contributed by atoms with E-state index < -0.39 is 10.0 Å². The molecule has 1 saturated heterocycles. The number of amides is 1. The molecule has 2 aromatic rings. The Balaban J connectivity index is 1.47. The molecular weight excluding hydrogens is 436 g/mol. The molecule has 6 nitrogen and oxygen atoms in total. The lowest BCUT2D eigenvalue weighted by molar-refractivity contribution is 0.0772. The van der Waals surface area contributed by atoms with Gasteiger partial charge in [0.25, 0.3) is 5.91 Å². The minimum Gasteiger partial charge on any atom is -0.377 e. The summed E-state index contributed by atoms with van der Waals surface area (Å²) in [6, 6.07) is 14.5. The van der Waals surface area contributed by atoms with Crippen LogP contribution >= 0.6 is 11.6 Å². The van der Waals surface area contributed by atoms with E-state index in [-0.39, 0.29) is 28.5 Å². The van der Waals surface area contributed by atoms with Gasteiger partial charge in [-0.3, -0.25) is 4.79 Å². The van der Waals surface area contributed by atoms with Crippen LogP contribution in [0.15, 0.2) is 59.5 Å². The Bertz CT molecular complexity index is 1080. The van der Waals surface area contributed by atoms with Crippen LogP contribution in [-0.2, 0) is 14.8 Å². The van der Waals surface area contributed by atoms with Crippen molar-refractivity contribution in [3.63, 3.8) is 0 Å². The fraction of sp³-hybridized carbons (Fsp3) is 0.348. The zero-order valence-corrected chi connectivity index (χ0v) is 18.7. The molecule has 1 atom stereocenters. The molecule has 2 aliphatic heterocycles. The van der Waals surface area contributed by atoms with Gasteiger partial charge < -0.3 is 9.64 Å². The summed E-state index contributed by atoms with van der Waals surface area (Å²) in [5.74, 6) is -0.212. The van der Waals surface area contributed by atoms with Gasteiger partial charge in [-0.1, -0.05) is 48.0 Å². The van der Waals surface area contributed by atoms with Gasteiger partial charge in [-0.25, -0.2) is 13.1 Å². The molecule has 1 N–H and O–H groups in total. The van der Waals surface area contributed by atoms with Crippen molar-refractivity contribution < 1.29 is 17.9 Å². The van der Waals surface area contributed by atoms with Gasteiger partial charge in [0.05, 0.1) is 11.1 Å². The maximum Gasteiger partial charge on any atom is 0.254 e. The van der Waals surface area contributed by atoms with Crippen LogP contribution in [-0.4, -0.2) is 51.6 Å². The van der Waals surface area contributed by atoms with E-state index in [2.05, 4.69) is 16.9 Å². The van der Waals surface area contributed by atoms with Gasteiger partial charge in [0.1, 0.15) is 4.90 Å². The highest BCUT2D eigenvalue weighted by Gasteiger charge is 2.25. The Kier molecular flexibility index (Phi) is 6.77. The summed E-state index contributed by atoms with van der Waals surface area (Å²) in [4.78, 5) is 14.6. The van der Waals surface area contributed by atoms with Gasteiger partial charge in [0.2, 0.25) is 10.0 Å². The second kappa shape index (κ2) is 9.53. The number of benzene rings is 2. The first kappa shape index (κ1) is 22.0. The summed E-state index contributed by atoms with van der Waals surface area (Å²) in [5, 5.41) is 0.0845. The number of halogens is 1. The molecule has 8 heteroatoms. The number of hydrogen-bond acceptors (Lipinski definition) is 4. The number of hydrogen-bond donors (Lipinski definition) is 1. The first-order valence-corrected chi connectivity index (χ1v) is 12.2. The number of nitrogens with one attached hydrogen (secondary N) is 1. The minimum absolute atomic E-state index is 0.0845. The first-order chi connectivity index (χ1) is 14.9. The maximum absolute atomic E-state index is 13.0. The van der Waals surface area contributed by atoms with Crippen molar-refractivity contribution in [3.05, 3.63) is 70.8 Å². The topological polar surface area (TPSA) is 75.7 Å². The molecule has 1 fully saturated rings. The van der Waals surface area contributed by atoms with Crippen molar-refractivity contribution in [1.29, 1.82) is 0 Å². The van der Waals surface area contributed by atoms with E-state index in [1.807, 2.05) is 24.3 Å². The molecule has 0 aromatic heterocycles. The third-order valence-corrected chi connectivity index (χ3v) is 7.54. The average molecular weight is 461 g/mol. The van der Waals surface area contributed by atoms with Gasteiger partial charge in [0.15, 0.2) is 0 Å². The van der Waals surface area contributed by atoms with Crippen LogP contribution in [0.2, 0.25) is 5.02 Å².